The van der Waals surface area contributed by atoms with Crippen molar-refractivity contribution in [2.45, 2.75) is 39.7 Å². The molecular weight excluding hydrogens is 520 g/mol. The lowest BCUT2D eigenvalue weighted by Gasteiger charge is -2.12. The number of rotatable bonds is 9. The van der Waals surface area contributed by atoms with Gasteiger partial charge in [-0.2, -0.15) is 0 Å². The van der Waals surface area contributed by atoms with Gasteiger partial charge in [0, 0.05) is 19.8 Å². The summed E-state index contributed by atoms with van der Waals surface area (Å²) in [5.41, 5.74) is 1.95. The molecule has 8 heteroatoms. The first-order chi connectivity index (χ1) is 14.2. The molecule has 0 heterocycles. The van der Waals surface area contributed by atoms with Crippen LogP contribution in [0.1, 0.15) is 31.9 Å². The highest BCUT2D eigenvalue weighted by molar-refractivity contribution is 9.10. The van der Waals surface area contributed by atoms with E-state index in [-0.39, 0.29) is 25.3 Å². The third-order valence-electron chi connectivity index (χ3n) is 3.83. The second-order valence-electron chi connectivity index (χ2n) is 6.74. The quantitative estimate of drug-likeness (QED) is 0.291. The number of halogens is 2. The van der Waals surface area contributed by atoms with Crippen LogP contribution in [-0.2, 0) is 27.1 Å². The Balaban J connectivity index is 1.71. The Labute approximate surface area is 193 Å². The fourth-order valence-corrected chi connectivity index (χ4v) is 3.56. The predicted molar refractivity (Wildman–Crippen MR) is 120 cm³/mol. The number of ether oxygens (including phenoxy) is 4. The summed E-state index contributed by atoms with van der Waals surface area (Å²) in [6.45, 7) is 5.69. The molecule has 0 saturated carbocycles. The molecule has 0 N–H and O–H groups in total. The largest absolute Gasteiger partial charge is 0.508 e. The Kier molecular flexibility index (Phi) is 9.65. The third kappa shape index (κ3) is 8.36. The average molecular weight is 544 g/mol. The molecular formula is C22H24Br2O6. The lowest BCUT2D eigenvalue weighted by atomic mass is 10.1. The van der Waals surface area contributed by atoms with Crippen LogP contribution in [0.25, 0.3) is 0 Å². The SMILES string of the molecule is CC(=O)Oc1ccc(CCOC(=O)OCCc2ccc(OC(C)C)c(Br)c2)cc1Br. The van der Waals surface area contributed by atoms with Gasteiger partial charge in [-0.25, -0.2) is 4.79 Å². The summed E-state index contributed by atoms with van der Waals surface area (Å²) in [7, 11) is 0. The first-order valence-corrected chi connectivity index (χ1v) is 11.0. The maximum absolute atomic E-state index is 11.8. The van der Waals surface area contributed by atoms with Gasteiger partial charge in [0.05, 0.1) is 28.3 Å². The van der Waals surface area contributed by atoms with Crippen molar-refractivity contribution in [3.8, 4) is 11.5 Å². The summed E-state index contributed by atoms with van der Waals surface area (Å²) in [4.78, 5) is 22.8. The van der Waals surface area contributed by atoms with Crippen molar-refractivity contribution < 1.29 is 28.5 Å². The lowest BCUT2D eigenvalue weighted by molar-refractivity contribution is -0.131. The number of hydrogen-bond acceptors (Lipinski definition) is 6. The van der Waals surface area contributed by atoms with Crippen LogP contribution in [0.15, 0.2) is 45.3 Å². The molecule has 0 saturated heterocycles. The highest BCUT2D eigenvalue weighted by Crippen LogP contribution is 2.27. The van der Waals surface area contributed by atoms with Gasteiger partial charge in [0.2, 0.25) is 0 Å². The number of hydrogen-bond donors (Lipinski definition) is 0. The zero-order valence-electron chi connectivity index (χ0n) is 17.1. The fourth-order valence-electron chi connectivity index (χ4n) is 2.53. The monoisotopic (exact) mass is 542 g/mol. The van der Waals surface area contributed by atoms with E-state index in [0.717, 1.165) is 21.3 Å². The molecule has 0 radical (unpaired) electrons. The van der Waals surface area contributed by atoms with Gasteiger partial charge in [0.15, 0.2) is 0 Å². The van der Waals surface area contributed by atoms with E-state index in [1.165, 1.54) is 6.92 Å². The maximum atomic E-state index is 11.8. The standard InChI is InChI=1S/C22H24Br2O6/c1-14(2)29-20-6-4-16(12-18(20)23)8-10-27-22(26)28-11-9-17-5-7-21(19(24)13-17)30-15(3)25/h4-7,12-14H,8-11H2,1-3H3. The Morgan fingerprint density at radius 2 is 1.37 bits per heavy atom. The Bertz CT molecular complexity index is 882. The van der Waals surface area contributed by atoms with Crippen LogP contribution >= 0.6 is 31.9 Å². The topological polar surface area (TPSA) is 71.1 Å². The molecule has 0 bridgehead atoms. The molecule has 0 aliphatic carbocycles. The average Bonchev–Trinajstić information content (AvgIpc) is 2.65. The Morgan fingerprint density at radius 1 is 0.867 bits per heavy atom. The summed E-state index contributed by atoms with van der Waals surface area (Å²) < 4.78 is 22.5. The van der Waals surface area contributed by atoms with E-state index >= 15 is 0 Å². The Hall–Kier alpha value is -2.06. The molecule has 2 aromatic carbocycles. The molecule has 0 aromatic heterocycles. The van der Waals surface area contributed by atoms with Crippen molar-refractivity contribution in [3.05, 3.63) is 56.5 Å². The van der Waals surface area contributed by atoms with Crippen molar-refractivity contribution in [2.75, 3.05) is 13.2 Å². The highest BCUT2D eigenvalue weighted by Gasteiger charge is 2.09. The Morgan fingerprint density at radius 3 is 1.80 bits per heavy atom. The van der Waals surface area contributed by atoms with Crippen LogP contribution in [0.3, 0.4) is 0 Å². The van der Waals surface area contributed by atoms with Gasteiger partial charge in [-0.05, 0) is 81.1 Å². The van der Waals surface area contributed by atoms with Crippen molar-refractivity contribution in [1.82, 2.24) is 0 Å². The predicted octanol–water partition coefficient (Wildman–Crippen LogP) is 5.86. The van der Waals surface area contributed by atoms with E-state index in [4.69, 9.17) is 18.9 Å². The van der Waals surface area contributed by atoms with E-state index in [0.29, 0.717) is 23.1 Å². The molecule has 0 aliphatic heterocycles. The van der Waals surface area contributed by atoms with E-state index < -0.39 is 6.16 Å². The molecule has 0 spiro atoms. The molecule has 6 nitrogen and oxygen atoms in total. The molecule has 2 aromatic rings. The van der Waals surface area contributed by atoms with E-state index in [1.807, 2.05) is 44.2 Å². The van der Waals surface area contributed by atoms with Crippen LogP contribution < -0.4 is 9.47 Å². The number of esters is 1. The summed E-state index contributed by atoms with van der Waals surface area (Å²) in [6.07, 6.45) is 0.473. The molecule has 30 heavy (non-hydrogen) atoms. The minimum absolute atomic E-state index is 0.0955. The van der Waals surface area contributed by atoms with E-state index in [2.05, 4.69) is 31.9 Å². The van der Waals surface area contributed by atoms with Crippen LogP contribution in [0.4, 0.5) is 4.79 Å². The molecule has 0 atom stereocenters. The minimum Gasteiger partial charge on any atom is -0.490 e. The van der Waals surface area contributed by atoms with Crippen LogP contribution in [0, 0.1) is 0 Å². The second kappa shape index (κ2) is 12.0. The highest BCUT2D eigenvalue weighted by atomic mass is 79.9. The number of benzene rings is 2. The van der Waals surface area contributed by atoms with Gasteiger partial charge < -0.3 is 18.9 Å². The van der Waals surface area contributed by atoms with Crippen LogP contribution in [-0.4, -0.2) is 31.4 Å². The normalized spacial score (nSPS) is 10.6. The molecule has 0 fully saturated rings. The molecule has 0 amide bonds. The second-order valence-corrected chi connectivity index (χ2v) is 8.45. The van der Waals surface area contributed by atoms with Gasteiger partial charge in [0.1, 0.15) is 11.5 Å². The van der Waals surface area contributed by atoms with Crippen molar-refractivity contribution in [3.63, 3.8) is 0 Å². The minimum atomic E-state index is -0.704. The summed E-state index contributed by atoms with van der Waals surface area (Å²) >= 11 is 6.84. The summed E-state index contributed by atoms with van der Waals surface area (Å²) in [6, 6.07) is 11.1. The molecule has 2 rings (SSSR count). The van der Waals surface area contributed by atoms with Gasteiger partial charge in [-0.3, -0.25) is 4.79 Å². The zero-order valence-corrected chi connectivity index (χ0v) is 20.2. The van der Waals surface area contributed by atoms with Crippen LogP contribution in [0.5, 0.6) is 11.5 Å². The lowest BCUT2D eigenvalue weighted by Crippen LogP contribution is -2.12. The van der Waals surface area contributed by atoms with E-state index in [9.17, 15) is 9.59 Å². The van der Waals surface area contributed by atoms with Crippen molar-refractivity contribution in [2.24, 2.45) is 0 Å². The summed E-state index contributed by atoms with van der Waals surface area (Å²) in [5, 5.41) is 0. The van der Waals surface area contributed by atoms with Gasteiger partial charge in [-0.15, -0.1) is 0 Å². The molecule has 162 valence electrons. The number of carbonyl (C=O) groups excluding carboxylic acids is 2. The third-order valence-corrected chi connectivity index (χ3v) is 5.07. The van der Waals surface area contributed by atoms with Gasteiger partial charge in [0.25, 0.3) is 0 Å². The van der Waals surface area contributed by atoms with Gasteiger partial charge >= 0.3 is 12.1 Å². The fraction of sp³-hybridized carbons (Fsp3) is 0.364. The van der Waals surface area contributed by atoms with Crippen molar-refractivity contribution >= 4 is 44.0 Å². The first kappa shape index (κ1) is 24.2. The molecule has 0 unspecified atom stereocenters. The van der Waals surface area contributed by atoms with Crippen molar-refractivity contribution in [1.29, 1.82) is 0 Å². The zero-order chi connectivity index (χ0) is 22.1. The maximum Gasteiger partial charge on any atom is 0.508 e. The van der Waals surface area contributed by atoms with Crippen LogP contribution in [0.2, 0.25) is 0 Å². The first-order valence-electron chi connectivity index (χ1n) is 9.46. The summed E-state index contributed by atoms with van der Waals surface area (Å²) in [5.74, 6) is 0.838. The van der Waals surface area contributed by atoms with E-state index in [1.54, 1.807) is 6.07 Å². The number of carbonyl (C=O) groups is 2. The van der Waals surface area contributed by atoms with Gasteiger partial charge in [-0.1, -0.05) is 12.1 Å². The molecule has 0 aliphatic rings. The smallest absolute Gasteiger partial charge is 0.490 e.